The first-order valence-electron chi connectivity index (χ1n) is 8.32. The molecule has 1 N–H and O–H groups in total. The van der Waals surface area contributed by atoms with Gasteiger partial charge >= 0.3 is 5.97 Å². The van der Waals surface area contributed by atoms with Gasteiger partial charge in [0, 0.05) is 11.1 Å². The highest BCUT2D eigenvalue weighted by atomic mass is 32.2. The number of aromatic nitrogens is 1. The van der Waals surface area contributed by atoms with Crippen molar-refractivity contribution in [3.8, 4) is 5.75 Å². The van der Waals surface area contributed by atoms with E-state index in [4.69, 9.17) is 9.47 Å². The molecule has 5 nitrogen and oxygen atoms in total. The van der Waals surface area contributed by atoms with Crippen LogP contribution in [-0.4, -0.2) is 24.7 Å². The van der Waals surface area contributed by atoms with E-state index in [-0.39, 0.29) is 17.6 Å². The number of pyridine rings is 1. The van der Waals surface area contributed by atoms with E-state index in [0.717, 1.165) is 17.4 Å². The van der Waals surface area contributed by atoms with Crippen LogP contribution in [0.1, 0.15) is 22.8 Å². The van der Waals surface area contributed by atoms with Gasteiger partial charge in [-0.2, -0.15) is 0 Å². The maximum Gasteiger partial charge on any atom is 0.344 e. The second-order valence-corrected chi connectivity index (χ2v) is 6.69. The summed E-state index contributed by atoms with van der Waals surface area (Å²) >= 11 is 1.31. The molecule has 0 aliphatic heterocycles. The lowest BCUT2D eigenvalue weighted by molar-refractivity contribution is 0.0520. The number of hydrogen-bond acceptors (Lipinski definition) is 5. The van der Waals surface area contributed by atoms with Crippen LogP contribution < -0.4 is 10.2 Å². The smallest absolute Gasteiger partial charge is 0.344 e. The van der Waals surface area contributed by atoms with E-state index in [0.29, 0.717) is 16.3 Å². The van der Waals surface area contributed by atoms with Crippen LogP contribution >= 0.6 is 11.8 Å². The summed E-state index contributed by atoms with van der Waals surface area (Å²) in [4.78, 5) is 28.2. The summed E-state index contributed by atoms with van der Waals surface area (Å²) in [5.74, 6) is 0.0136. The summed E-state index contributed by atoms with van der Waals surface area (Å²) in [6, 6.07) is 11.4. The van der Waals surface area contributed by atoms with Gasteiger partial charge in [0.25, 0.3) is 0 Å². The van der Waals surface area contributed by atoms with E-state index in [1.165, 1.54) is 23.9 Å². The molecule has 0 amide bonds. The zero-order valence-electron chi connectivity index (χ0n) is 14.9. The molecule has 3 rings (SSSR count). The van der Waals surface area contributed by atoms with Gasteiger partial charge in [0.1, 0.15) is 17.1 Å². The number of thioether (sulfide) groups is 1. The summed E-state index contributed by atoms with van der Waals surface area (Å²) in [7, 11) is 1.60. The van der Waals surface area contributed by atoms with Crippen LogP contribution in [0, 0.1) is 5.82 Å². The van der Waals surface area contributed by atoms with Gasteiger partial charge in [-0.1, -0.05) is 12.1 Å². The number of ether oxygens (including phenoxy) is 2. The second kappa shape index (κ2) is 8.26. The van der Waals surface area contributed by atoms with Crippen molar-refractivity contribution in [1.29, 1.82) is 0 Å². The van der Waals surface area contributed by atoms with Gasteiger partial charge in [-0.15, -0.1) is 11.8 Å². The molecule has 0 spiro atoms. The Morgan fingerprint density at radius 2 is 1.93 bits per heavy atom. The predicted molar refractivity (Wildman–Crippen MR) is 103 cm³/mol. The van der Waals surface area contributed by atoms with E-state index in [2.05, 4.69) is 4.98 Å². The summed E-state index contributed by atoms with van der Waals surface area (Å²) in [5.41, 5.74) is 0.815. The van der Waals surface area contributed by atoms with Gasteiger partial charge < -0.3 is 14.5 Å². The zero-order valence-corrected chi connectivity index (χ0v) is 15.7. The van der Waals surface area contributed by atoms with E-state index in [9.17, 15) is 14.0 Å². The van der Waals surface area contributed by atoms with Crippen LogP contribution in [0.4, 0.5) is 4.39 Å². The number of hydrogen-bond donors (Lipinski definition) is 1. The largest absolute Gasteiger partial charge is 0.497 e. The summed E-state index contributed by atoms with van der Waals surface area (Å²) in [6.45, 7) is 1.80. The van der Waals surface area contributed by atoms with Gasteiger partial charge in [0.05, 0.1) is 24.3 Å². The minimum absolute atomic E-state index is 0.103. The lowest BCUT2D eigenvalue weighted by atomic mass is 10.1. The highest BCUT2D eigenvalue weighted by Gasteiger charge is 2.21. The number of carbonyl (C=O) groups excluding carboxylic acids is 1. The van der Waals surface area contributed by atoms with Crippen molar-refractivity contribution < 1.29 is 18.7 Å². The number of fused-ring (bicyclic) bond motifs is 1. The Hall–Kier alpha value is -2.80. The van der Waals surface area contributed by atoms with Crippen molar-refractivity contribution in [3.63, 3.8) is 0 Å². The van der Waals surface area contributed by atoms with Gasteiger partial charge in [0.2, 0.25) is 5.43 Å². The standard InChI is InChI=1S/C20H18FNO4S/c1-3-26-20(24)17-18(23)15-10-13(21)6-9-16(15)22-19(17)27-11-12-4-7-14(25-2)8-5-12/h4-10H,3,11H2,1-2H3,(H,22,23). The number of carbonyl (C=O) groups is 1. The highest BCUT2D eigenvalue weighted by molar-refractivity contribution is 7.98. The minimum atomic E-state index is -0.720. The summed E-state index contributed by atoms with van der Waals surface area (Å²) in [6.07, 6.45) is 0. The van der Waals surface area contributed by atoms with Gasteiger partial charge in [-0.05, 0) is 42.8 Å². The molecule has 140 valence electrons. The van der Waals surface area contributed by atoms with Crippen LogP contribution in [0.3, 0.4) is 0 Å². The molecule has 1 heterocycles. The molecular weight excluding hydrogens is 369 g/mol. The topological polar surface area (TPSA) is 68.4 Å². The molecule has 0 aliphatic rings. The fourth-order valence-electron chi connectivity index (χ4n) is 2.61. The van der Waals surface area contributed by atoms with Crippen molar-refractivity contribution in [1.82, 2.24) is 4.98 Å². The number of nitrogens with one attached hydrogen (secondary N) is 1. The van der Waals surface area contributed by atoms with Gasteiger partial charge in [-0.3, -0.25) is 4.79 Å². The number of rotatable bonds is 6. The summed E-state index contributed by atoms with van der Waals surface area (Å²) in [5, 5.41) is 0.514. The zero-order chi connectivity index (χ0) is 19.4. The number of aromatic amines is 1. The predicted octanol–water partition coefficient (Wildman–Crippen LogP) is 4.14. The monoisotopic (exact) mass is 387 g/mol. The molecule has 0 fully saturated rings. The van der Waals surface area contributed by atoms with Crippen LogP contribution in [0.5, 0.6) is 5.75 Å². The first-order chi connectivity index (χ1) is 13.0. The van der Waals surface area contributed by atoms with Crippen molar-refractivity contribution in [3.05, 3.63) is 69.6 Å². The van der Waals surface area contributed by atoms with Crippen LogP contribution in [0.25, 0.3) is 10.9 Å². The number of methoxy groups -OCH3 is 1. The fourth-order valence-corrected chi connectivity index (χ4v) is 3.62. The molecule has 0 saturated heterocycles. The van der Waals surface area contributed by atoms with Gasteiger partial charge in [0.15, 0.2) is 0 Å². The maximum absolute atomic E-state index is 13.5. The third-order valence-corrected chi connectivity index (χ3v) is 5.02. The molecule has 2 aromatic carbocycles. The lowest BCUT2D eigenvalue weighted by Crippen LogP contribution is -2.20. The SMILES string of the molecule is CCOC(=O)c1c(SCc2ccc(OC)cc2)[nH]c2ccc(F)cc2c1=O. The van der Waals surface area contributed by atoms with Gasteiger partial charge in [-0.25, -0.2) is 9.18 Å². The second-order valence-electron chi connectivity index (χ2n) is 5.71. The fraction of sp³-hybridized carbons (Fsp3) is 0.200. The number of esters is 1. The normalized spacial score (nSPS) is 10.8. The Bertz CT molecular complexity index is 1030. The van der Waals surface area contributed by atoms with Crippen molar-refractivity contribution >= 4 is 28.6 Å². The Morgan fingerprint density at radius 3 is 2.59 bits per heavy atom. The third kappa shape index (κ3) is 4.14. The van der Waals surface area contributed by atoms with E-state index >= 15 is 0 Å². The minimum Gasteiger partial charge on any atom is -0.497 e. The molecule has 0 aliphatic carbocycles. The van der Waals surface area contributed by atoms with E-state index in [1.807, 2.05) is 24.3 Å². The Kier molecular flexibility index (Phi) is 5.81. The van der Waals surface area contributed by atoms with Crippen LogP contribution in [0.15, 0.2) is 52.3 Å². The van der Waals surface area contributed by atoms with E-state index in [1.54, 1.807) is 14.0 Å². The third-order valence-electron chi connectivity index (χ3n) is 3.95. The Morgan fingerprint density at radius 1 is 1.19 bits per heavy atom. The number of benzene rings is 2. The molecule has 7 heteroatoms. The summed E-state index contributed by atoms with van der Waals surface area (Å²) < 4.78 is 23.7. The molecule has 0 saturated carbocycles. The first-order valence-corrected chi connectivity index (χ1v) is 9.30. The molecular formula is C20H18FNO4S. The molecule has 0 radical (unpaired) electrons. The first kappa shape index (κ1) is 19.0. The highest BCUT2D eigenvalue weighted by Crippen LogP contribution is 2.26. The molecule has 0 bridgehead atoms. The quantitative estimate of drug-likeness (QED) is 0.508. The van der Waals surface area contributed by atoms with Crippen LogP contribution in [0.2, 0.25) is 0 Å². The Labute approximate surface area is 159 Å². The average Bonchev–Trinajstić information content (AvgIpc) is 2.67. The van der Waals surface area contributed by atoms with Crippen molar-refractivity contribution in [2.75, 3.05) is 13.7 Å². The molecule has 0 unspecified atom stereocenters. The van der Waals surface area contributed by atoms with E-state index < -0.39 is 17.2 Å². The Balaban J connectivity index is 2.01. The molecule has 1 aromatic heterocycles. The molecule has 0 atom stereocenters. The number of halogens is 1. The van der Waals surface area contributed by atoms with Crippen molar-refractivity contribution in [2.45, 2.75) is 17.7 Å². The lowest BCUT2D eigenvalue weighted by Gasteiger charge is -2.11. The number of H-pyrrole nitrogens is 1. The molecule has 3 aromatic rings. The maximum atomic E-state index is 13.5. The molecule has 27 heavy (non-hydrogen) atoms. The van der Waals surface area contributed by atoms with Crippen molar-refractivity contribution in [2.24, 2.45) is 0 Å². The average molecular weight is 387 g/mol. The van der Waals surface area contributed by atoms with Crippen LogP contribution in [-0.2, 0) is 10.5 Å².